The molecule has 14 N–H and O–H groups in total. The number of hydrogen-bond donors (Lipinski definition) is 14. The lowest BCUT2D eigenvalue weighted by molar-refractivity contribution is 0.105. The molecule has 21 nitrogen and oxygen atoms in total. The lowest BCUT2D eigenvalue weighted by Gasteiger charge is -2.15. The molecule has 0 saturated heterocycles. The van der Waals surface area contributed by atoms with Crippen molar-refractivity contribution in [2.45, 2.75) is 233 Å². The summed E-state index contributed by atoms with van der Waals surface area (Å²) in [6, 6.07) is 82.9. The first-order valence-corrected chi connectivity index (χ1v) is 43.8. The highest BCUT2D eigenvalue weighted by molar-refractivity contribution is 5.93. The summed E-state index contributed by atoms with van der Waals surface area (Å²) in [7, 11) is 8.75. The van der Waals surface area contributed by atoms with Gasteiger partial charge in [0.25, 0.3) is 0 Å². The summed E-state index contributed by atoms with van der Waals surface area (Å²) in [6.45, 7) is 1.01. The Bertz CT molecular complexity index is 6860. The first kappa shape index (κ1) is 64.5. The number of aliphatic hydroxyl groups is 7. The molecule has 14 aromatic rings. The molecule has 21 heteroatoms. The Morgan fingerprint density at radius 1 is 0.236 bits per heavy atom. The van der Waals surface area contributed by atoms with E-state index in [0.717, 1.165) is 82.7 Å². The maximum atomic E-state index is 10.1. The highest BCUT2D eigenvalue weighted by Crippen LogP contribution is 2.32. The Morgan fingerprint density at radius 2 is 0.414 bits per heavy atom. The van der Waals surface area contributed by atoms with Crippen molar-refractivity contribution in [1.29, 1.82) is 0 Å². The molecule has 0 aromatic heterocycles. The maximum absolute atomic E-state index is 10.1. The lowest BCUT2D eigenvalue weighted by Crippen LogP contribution is -2.35. The molecule has 14 rings (SSSR count). The second-order valence-corrected chi connectivity index (χ2v) is 31.7. The summed E-state index contributed by atoms with van der Waals surface area (Å²) in [6.07, 6.45) is -9.86. The summed E-state index contributed by atoms with van der Waals surface area (Å²) in [5.74, 6) is 3.85. The van der Waals surface area contributed by atoms with Gasteiger partial charge in [-0.1, -0.05) is 403 Å². The SMILES string of the molecule is [2H]C.[2H]C.[2H]C.[2H]C.[2H]C.[2H]C.[2H]C.[2H]C(C)(C)NC([2H])([2H])C(O)COc1cccc2ccccc12.[2H]C(C)(C)NCC(O)C([2H])([2H])Oc1cccc2ccccc12.[2H]C(C)(C)NCC(O)COc1cccc2ccccc12.[2H]C(O)(CNC([2H])(C)C([2H])([2H])[2H])COc1cccc2ccccc12.[2H]C(O)(CNC([2H])(C)C)COc1cccc2ccccc12.[2H]C([2H])(Oc1cccc2ccccc12)C(O)CNC([2H])(C)C([2H])([2H])[2H].[2H]C([2H])([2H])C([2H])(C)NCC(O)COc1cccc2ccccc12.[2H][2H].[2H][2H].[2H][2H].[2H][2H].[2H][2H].[2H][2H].[2H][2H].[2H][2H].[2H][2H].[2H][2H].[2H][2H].[2H][2H].[2H][2H].[2H][2H].[2H][2H].[2H][2H].[2H][2H].[2H][2H].[2H][2H].[2H][2H].[2H][2H]. The van der Waals surface area contributed by atoms with Crippen LogP contribution in [0.25, 0.3) is 75.4 Å². The maximum Gasteiger partial charge on any atom is 0.127 e. The average Bonchev–Trinajstić information content (AvgIpc) is 0.795. The van der Waals surface area contributed by atoms with E-state index in [-0.39, 0.29) is 58.4 Å². The molecule has 14 aromatic carbocycles. The van der Waals surface area contributed by atoms with E-state index in [9.17, 15) is 35.7 Å². The molecule has 0 saturated carbocycles. The summed E-state index contributed by atoms with van der Waals surface area (Å²) >= 11 is 0. The first-order valence-electron chi connectivity index (χ1n) is 83.8. The van der Waals surface area contributed by atoms with Gasteiger partial charge in [-0.25, -0.2) is 0 Å². The molecule has 140 heavy (non-hydrogen) atoms. The molecule has 0 amide bonds. The van der Waals surface area contributed by atoms with Crippen LogP contribution in [0.1, 0.15) is 253 Å². The number of nitrogens with one attached hydrogen (secondary N) is 7. The third-order valence-electron chi connectivity index (χ3n) is 19.1. The van der Waals surface area contributed by atoms with Gasteiger partial charge in [0, 0.05) is 222 Å². The van der Waals surface area contributed by atoms with Crippen LogP contribution in [0.4, 0.5) is 0 Å². The van der Waals surface area contributed by atoms with Crippen molar-refractivity contribution in [1.82, 2.24) is 37.2 Å². The Kier molecular flexibility index (Phi) is 32.5. The predicted octanol–water partition coefficient (Wildman–Crippen LogP) is 27.7. The third-order valence-corrected chi connectivity index (χ3v) is 19.1. The van der Waals surface area contributed by atoms with Gasteiger partial charge in [-0.3, -0.25) is 0 Å². The van der Waals surface area contributed by atoms with Crippen molar-refractivity contribution in [3.05, 3.63) is 297 Å². The van der Waals surface area contributed by atoms with Crippen molar-refractivity contribution in [3.63, 3.8) is 0 Å². The average molecular weight is 2040 g/mol. The van der Waals surface area contributed by atoms with Crippen LogP contribution in [0.3, 0.4) is 0 Å². The van der Waals surface area contributed by atoms with Gasteiger partial charge in [-0.15, -0.1) is 0 Å². The van der Waals surface area contributed by atoms with Crippen molar-refractivity contribution >= 4 is 75.4 Å². The molecule has 10 unspecified atom stereocenters. The molecule has 0 bridgehead atoms. The topological polar surface area (TPSA) is 290 Å². The molecule has 0 aliphatic rings. The van der Waals surface area contributed by atoms with Gasteiger partial charge in [-0.2, -0.15) is 0 Å². The zero-order chi connectivity index (χ0) is 173. The standard InChI is InChI=1S/7C16H21NO2.7CH4.21H2/c7*1-12(2)17-10-14(18)11-19-16-9-5-7-13-6-3-4-8-15(13)16;;;;;;;;;;;;;;;;;;;;;;;;;;;;/h7*3-9,12,14,17-18H,10-11H2,1-2H3;7*1H4;21*1H/i1D3,12D,14D;1D3,11D2,12D;12D,14D;11D2,12D;10D2,12D;1D3,12D;12D;7*1D;21*1+1D. The molecule has 812 valence electrons. The molecular formula is C119H217N7O14. The number of fused-ring (bicyclic) bond motifs is 7. The molecule has 10 atom stereocenters. The Hall–Kier alpha value is -11.1. The molecular weight excluding hydrogens is 1750 g/mol. The van der Waals surface area contributed by atoms with Gasteiger partial charge in [0.2, 0.25) is 0 Å². The van der Waals surface area contributed by atoms with E-state index in [4.69, 9.17) is 138 Å². The highest BCUT2D eigenvalue weighted by atomic mass is 16.5. The minimum absolute atomic E-state index is 0.0120. The van der Waals surface area contributed by atoms with Crippen LogP contribution in [0.15, 0.2) is 297 Å². The van der Waals surface area contributed by atoms with E-state index in [1.807, 2.05) is 249 Å². The highest BCUT2D eigenvalue weighted by Gasteiger charge is 2.16. The van der Waals surface area contributed by atoms with Crippen LogP contribution >= 0.6 is 0 Å². The smallest absolute Gasteiger partial charge is 0.127 e. The van der Waals surface area contributed by atoms with Crippen molar-refractivity contribution in [2.24, 2.45) is 0 Å². The fraction of sp³-hybridized carbons (Fsp3) is 0.412. The Labute approximate surface area is 948 Å². The van der Waals surface area contributed by atoms with E-state index < -0.39 is 138 Å². The van der Waals surface area contributed by atoms with E-state index >= 15 is 0 Å². The monoisotopic (exact) mass is 2040 g/mol. The molecule has 0 heterocycles. The van der Waals surface area contributed by atoms with Gasteiger partial charge in [0.1, 0.15) is 129 Å². The second-order valence-electron chi connectivity index (χ2n) is 31.7. The van der Waals surface area contributed by atoms with Crippen LogP contribution in [0.2, 0.25) is 0 Å². The number of ether oxygens (including phenoxy) is 7. The predicted molar refractivity (Wildman–Crippen MR) is 642 cm³/mol. The fourth-order valence-corrected chi connectivity index (χ4v) is 12.5. The molecule has 0 aliphatic heterocycles. The normalized spacial score (nSPS) is 18.9. The summed E-state index contributed by atoms with van der Waals surface area (Å²) in [4.78, 5) is 0. The van der Waals surface area contributed by atoms with Crippen LogP contribution < -0.4 is 70.4 Å². The fourth-order valence-electron chi connectivity index (χ4n) is 12.5. The zero-order valence-electron chi connectivity index (χ0n) is 157. The van der Waals surface area contributed by atoms with Crippen LogP contribution in [0.5, 0.6) is 40.2 Å². The summed E-state index contributed by atoms with van der Waals surface area (Å²) in [5, 5.41) is 101. The van der Waals surface area contributed by atoms with Crippen molar-refractivity contribution in [2.75, 3.05) is 91.9 Å². The quantitative estimate of drug-likeness (QED) is 0.0169. The number of hydrogen-bond acceptors (Lipinski definition) is 21. The number of benzene rings is 14. The zero-order valence-corrected chi connectivity index (χ0v) is 84.4. The van der Waals surface area contributed by atoms with Gasteiger partial charge >= 0.3 is 0 Å². The van der Waals surface area contributed by atoms with Crippen LogP contribution in [0, 0.1) is 0 Å². The molecule has 0 aliphatic carbocycles. The molecule has 0 fully saturated rings. The number of aliphatic hydroxyl groups excluding tert-OH is 5. The van der Waals surface area contributed by atoms with Crippen LogP contribution in [-0.4, -0.2) is 212 Å². The van der Waals surface area contributed by atoms with Gasteiger partial charge in [0.05, 0.1) is 8.22 Å². The summed E-state index contributed by atoms with van der Waals surface area (Å²) in [5.41, 5.74) is 0. The number of rotatable bonds is 42. The molecule has 0 spiro atoms. The largest absolute Gasteiger partial charge is 0.490 e. The van der Waals surface area contributed by atoms with E-state index in [0.29, 0.717) is 40.7 Å². The first-order chi connectivity index (χ1) is 101. The van der Waals surface area contributed by atoms with Gasteiger partial charge < -0.3 is 106 Å². The lowest BCUT2D eigenvalue weighted by atomic mass is 10.1. The van der Waals surface area contributed by atoms with E-state index in [2.05, 4.69) is 37.2 Å². The van der Waals surface area contributed by atoms with Gasteiger partial charge in [0.15, 0.2) is 0 Å². The van der Waals surface area contributed by atoms with Gasteiger partial charge in [-0.05, 0) is 80.2 Å². The van der Waals surface area contributed by atoms with Crippen molar-refractivity contribution in [3.8, 4) is 40.2 Å². The molecule has 0 radical (unpaired) electrons. The Morgan fingerprint density at radius 3 is 0.643 bits per heavy atom. The van der Waals surface area contributed by atoms with Crippen molar-refractivity contribution < 1.29 is 174 Å². The summed E-state index contributed by atoms with van der Waals surface area (Å²) < 4.78 is 472. The third kappa shape index (κ3) is 47.5. The second kappa shape index (κ2) is 70.6. The van der Waals surface area contributed by atoms with E-state index in [1.165, 1.54) is 79.5 Å². The van der Waals surface area contributed by atoms with E-state index in [1.54, 1.807) is 90.1 Å². The minimum Gasteiger partial charge on any atom is -0.490 e. The Balaban J connectivity index is -0.000000100. The van der Waals surface area contributed by atoms with Crippen LogP contribution in [-0.2, 0) is 0 Å². The minimum atomic E-state index is -2.62.